The Morgan fingerprint density at radius 2 is 1.08 bits per heavy atom. The second kappa shape index (κ2) is 10.7. The van der Waals surface area contributed by atoms with Gasteiger partial charge in [0.15, 0.2) is 0 Å². The maximum Gasteiger partial charge on any atom is 0.248 e. The number of aromatic nitrogens is 1. The molecule has 1 aromatic heterocycles. The van der Waals surface area contributed by atoms with Crippen molar-refractivity contribution in [3.05, 3.63) is 221 Å². The van der Waals surface area contributed by atoms with Gasteiger partial charge in [0.25, 0.3) is 0 Å². The summed E-state index contributed by atoms with van der Waals surface area (Å²) in [5.41, 5.74) is 19.4. The van der Waals surface area contributed by atoms with Crippen LogP contribution in [-0.4, -0.2) is 11.3 Å². The Balaban J connectivity index is 1.28. The molecular weight excluding hydrogens is 639 g/mol. The van der Waals surface area contributed by atoms with E-state index in [0.29, 0.717) is 0 Å². The number of fused-ring (bicyclic) bond motifs is 4. The highest BCUT2D eigenvalue weighted by Crippen LogP contribution is 2.50. The smallest absolute Gasteiger partial charge is 0.248 e. The highest BCUT2D eigenvalue weighted by atomic mass is 15.1. The van der Waals surface area contributed by atoms with Gasteiger partial charge in [-0.15, -0.1) is 0 Å². The zero-order valence-electron chi connectivity index (χ0n) is 29.1. The molecule has 0 radical (unpaired) electrons. The Morgan fingerprint density at radius 3 is 1.75 bits per heavy atom. The third-order valence-corrected chi connectivity index (χ3v) is 12.3. The topological polar surface area (TPSA) is 8.17 Å². The quantitative estimate of drug-likeness (QED) is 0.165. The summed E-state index contributed by atoms with van der Waals surface area (Å²) in [6.45, 7) is 0.131. The Bertz CT molecular complexity index is 2830. The molecule has 0 saturated heterocycles. The lowest BCUT2D eigenvalue weighted by atomic mass is 9.27. The Morgan fingerprint density at radius 1 is 0.453 bits per heavy atom. The van der Waals surface area contributed by atoms with Crippen LogP contribution >= 0.6 is 0 Å². The molecule has 0 amide bonds. The minimum Gasteiger partial charge on any atom is -0.310 e. The molecule has 246 valence electrons. The second-order valence-corrected chi connectivity index (χ2v) is 14.8. The molecule has 0 unspecified atom stereocenters. The summed E-state index contributed by atoms with van der Waals surface area (Å²) in [4.78, 5) is 2.45. The fourth-order valence-corrected chi connectivity index (χ4v) is 10.4. The molecule has 4 heterocycles. The molecule has 0 fully saturated rings. The molecule has 2 nitrogen and oxygen atoms in total. The van der Waals surface area contributed by atoms with Crippen molar-refractivity contribution in [3.63, 3.8) is 0 Å². The molecule has 3 heteroatoms. The van der Waals surface area contributed by atoms with E-state index in [2.05, 4.69) is 198 Å². The van der Waals surface area contributed by atoms with Gasteiger partial charge in [0.05, 0.1) is 10.9 Å². The molecule has 0 atom stereocenters. The lowest BCUT2D eigenvalue weighted by Crippen LogP contribution is -2.67. The predicted molar refractivity (Wildman–Crippen MR) is 221 cm³/mol. The van der Waals surface area contributed by atoms with E-state index in [-0.39, 0.29) is 6.71 Å². The van der Waals surface area contributed by atoms with Crippen LogP contribution in [0.15, 0.2) is 188 Å². The van der Waals surface area contributed by atoms with E-state index < -0.39 is 5.41 Å². The van der Waals surface area contributed by atoms with Crippen molar-refractivity contribution in [3.8, 4) is 5.69 Å². The molecule has 0 aliphatic carbocycles. The largest absolute Gasteiger partial charge is 0.310 e. The summed E-state index contributed by atoms with van der Waals surface area (Å²) in [6.07, 6.45) is 0.883. The van der Waals surface area contributed by atoms with Gasteiger partial charge in [-0.1, -0.05) is 145 Å². The standard InChI is InChI=1S/C50H33BN2/c1-5-16-35(17-6-1)50(36-18-7-2-8-19-36)42-25-15-27-45-48(42)51-46-34(30-33-28-29-41-40-24-13-14-26-44(40)53(45)49(41)47(33)51)31-39(32-43(46)50)52(37-20-9-3-10-21-37)38-22-11-4-12-23-38/h1-29,31-32H,30H2. The summed E-state index contributed by atoms with van der Waals surface area (Å²) in [6, 6.07) is 70.3. The summed E-state index contributed by atoms with van der Waals surface area (Å²) in [7, 11) is 0. The van der Waals surface area contributed by atoms with Crippen LogP contribution in [0.1, 0.15) is 33.4 Å². The van der Waals surface area contributed by atoms with Gasteiger partial charge in [0.1, 0.15) is 0 Å². The minimum absolute atomic E-state index is 0.131. The molecule has 3 aliphatic rings. The molecule has 9 aromatic rings. The zero-order valence-corrected chi connectivity index (χ0v) is 29.1. The molecule has 0 N–H and O–H groups in total. The van der Waals surface area contributed by atoms with E-state index in [1.54, 1.807) is 0 Å². The minimum atomic E-state index is -0.560. The Labute approximate surface area is 309 Å². The van der Waals surface area contributed by atoms with E-state index in [0.717, 1.165) is 17.8 Å². The molecule has 8 aromatic carbocycles. The van der Waals surface area contributed by atoms with E-state index in [9.17, 15) is 0 Å². The first kappa shape index (κ1) is 29.0. The average molecular weight is 673 g/mol. The first-order chi connectivity index (χ1) is 26.3. The third kappa shape index (κ3) is 3.74. The van der Waals surface area contributed by atoms with Crippen LogP contribution in [0.4, 0.5) is 17.1 Å². The van der Waals surface area contributed by atoms with Gasteiger partial charge < -0.3 is 9.47 Å². The first-order valence-corrected chi connectivity index (χ1v) is 18.7. The van der Waals surface area contributed by atoms with E-state index in [4.69, 9.17) is 0 Å². The van der Waals surface area contributed by atoms with Crippen LogP contribution in [0.25, 0.3) is 27.5 Å². The first-order valence-electron chi connectivity index (χ1n) is 18.7. The number of hydrogen-bond acceptors (Lipinski definition) is 1. The highest BCUT2D eigenvalue weighted by Gasteiger charge is 2.53. The van der Waals surface area contributed by atoms with Crippen LogP contribution in [0.5, 0.6) is 0 Å². The number of para-hydroxylation sites is 3. The summed E-state index contributed by atoms with van der Waals surface area (Å²) >= 11 is 0. The Hall–Kier alpha value is -6.58. The van der Waals surface area contributed by atoms with Crippen LogP contribution in [0.3, 0.4) is 0 Å². The fraction of sp³-hybridized carbons (Fsp3) is 0.0400. The van der Waals surface area contributed by atoms with Crippen LogP contribution in [-0.2, 0) is 11.8 Å². The van der Waals surface area contributed by atoms with Gasteiger partial charge in [-0.3, -0.25) is 0 Å². The van der Waals surface area contributed by atoms with E-state index in [1.165, 1.54) is 82.9 Å². The molecule has 0 spiro atoms. The van der Waals surface area contributed by atoms with Gasteiger partial charge in [-0.05, 0) is 99.3 Å². The predicted octanol–water partition coefficient (Wildman–Crippen LogP) is 9.68. The average Bonchev–Trinajstić information content (AvgIpc) is 3.57. The number of benzene rings is 8. The van der Waals surface area contributed by atoms with Gasteiger partial charge in [0, 0.05) is 39.0 Å². The molecule has 12 rings (SSSR count). The van der Waals surface area contributed by atoms with Crippen LogP contribution < -0.4 is 21.3 Å². The van der Waals surface area contributed by atoms with Crippen molar-refractivity contribution in [1.82, 2.24) is 4.57 Å². The summed E-state index contributed by atoms with van der Waals surface area (Å²) < 4.78 is 2.59. The van der Waals surface area contributed by atoms with Gasteiger partial charge in [0.2, 0.25) is 6.71 Å². The number of nitrogens with zero attached hydrogens (tertiary/aromatic N) is 2. The van der Waals surface area contributed by atoms with Crippen molar-refractivity contribution in [2.45, 2.75) is 11.8 Å². The lowest BCUT2D eigenvalue weighted by molar-refractivity contribution is 0.748. The third-order valence-electron chi connectivity index (χ3n) is 12.3. The Kier molecular flexibility index (Phi) is 5.88. The van der Waals surface area contributed by atoms with Crippen molar-refractivity contribution in [2.75, 3.05) is 4.90 Å². The van der Waals surface area contributed by atoms with Crippen molar-refractivity contribution < 1.29 is 0 Å². The zero-order chi connectivity index (χ0) is 34.7. The molecule has 0 bridgehead atoms. The SMILES string of the molecule is c1ccc(N(c2ccccc2)c2cc3c4c(c2)C(c2ccccc2)(c2ccccc2)c2cccc5c2B4c2c(ccc4c6ccccc6n-5c24)C3)cc1. The lowest BCUT2D eigenvalue weighted by Gasteiger charge is -2.49. The molecule has 3 aliphatic heterocycles. The maximum atomic E-state index is 2.59. The van der Waals surface area contributed by atoms with Gasteiger partial charge in [-0.2, -0.15) is 0 Å². The fourth-order valence-electron chi connectivity index (χ4n) is 10.4. The monoisotopic (exact) mass is 672 g/mol. The van der Waals surface area contributed by atoms with E-state index in [1.807, 2.05) is 0 Å². The van der Waals surface area contributed by atoms with Crippen LogP contribution in [0, 0.1) is 0 Å². The normalized spacial score (nSPS) is 14.1. The summed E-state index contributed by atoms with van der Waals surface area (Å²) in [5.74, 6) is 0. The molecule has 53 heavy (non-hydrogen) atoms. The summed E-state index contributed by atoms with van der Waals surface area (Å²) in [5, 5.41) is 2.67. The maximum absolute atomic E-state index is 2.59. The number of hydrogen-bond donors (Lipinski definition) is 0. The number of anilines is 3. The van der Waals surface area contributed by atoms with E-state index >= 15 is 0 Å². The van der Waals surface area contributed by atoms with Crippen molar-refractivity contribution in [1.29, 1.82) is 0 Å². The van der Waals surface area contributed by atoms with Gasteiger partial charge in [-0.25, -0.2) is 0 Å². The molecule has 0 saturated carbocycles. The second-order valence-electron chi connectivity index (χ2n) is 14.8. The number of rotatable bonds is 5. The molecular formula is C50H33BN2. The van der Waals surface area contributed by atoms with Crippen LogP contribution in [0.2, 0.25) is 0 Å². The van der Waals surface area contributed by atoms with Crippen molar-refractivity contribution in [2.24, 2.45) is 0 Å². The highest BCUT2D eigenvalue weighted by molar-refractivity contribution is 7.00. The van der Waals surface area contributed by atoms with Crippen molar-refractivity contribution >= 4 is 62.0 Å². The van der Waals surface area contributed by atoms with Gasteiger partial charge >= 0.3 is 0 Å².